The molecule has 3 aromatic heterocycles. The van der Waals surface area contributed by atoms with Crippen molar-refractivity contribution in [3.63, 3.8) is 0 Å². The lowest BCUT2D eigenvalue weighted by molar-refractivity contribution is 0.428. The molecule has 1 aliphatic heterocycles. The fourth-order valence-corrected chi connectivity index (χ4v) is 2.85. The highest BCUT2D eigenvalue weighted by Gasteiger charge is 2.22. The van der Waals surface area contributed by atoms with Gasteiger partial charge in [-0.15, -0.1) is 12.4 Å². The van der Waals surface area contributed by atoms with Gasteiger partial charge in [-0.1, -0.05) is 5.16 Å². The third-order valence-corrected chi connectivity index (χ3v) is 3.99. The van der Waals surface area contributed by atoms with Crippen molar-refractivity contribution in [2.45, 2.75) is 19.9 Å². The number of hydrogen-bond acceptors (Lipinski definition) is 6. The molecule has 3 aromatic rings. The molecule has 0 bridgehead atoms. The van der Waals surface area contributed by atoms with Crippen LogP contribution < -0.4 is 5.32 Å². The van der Waals surface area contributed by atoms with Crippen molar-refractivity contribution in [3.05, 3.63) is 35.4 Å². The summed E-state index contributed by atoms with van der Waals surface area (Å²) in [5.41, 5.74) is 4.38. The number of hydrogen-bond donors (Lipinski definition) is 1. The number of aromatic nitrogens is 5. The molecule has 8 heteroatoms. The first-order valence-electron chi connectivity index (χ1n) is 7.24. The van der Waals surface area contributed by atoms with Crippen molar-refractivity contribution >= 4 is 12.4 Å². The molecule has 7 nitrogen and oxygen atoms in total. The number of aryl methyl sites for hydroxylation is 2. The van der Waals surface area contributed by atoms with Crippen molar-refractivity contribution in [3.8, 4) is 23.1 Å². The first-order chi connectivity index (χ1) is 10.7. The molecule has 0 saturated carbocycles. The normalized spacial score (nSPS) is 13.5. The van der Waals surface area contributed by atoms with Gasteiger partial charge in [0.05, 0.1) is 0 Å². The van der Waals surface area contributed by atoms with E-state index in [0.29, 0.717) is 17.5 Å². The summed E-state index contributed by atoms with van der Waals surface area (Å²) in [6.45, 7) is 3.77. The molecule has 0 aromatic carbocycles. The molecular weight excluding hydrogens is 316 g/mol. The molecule has 23 heavy (non-hydrogen) atoms. The van der Waals surface area contributed by atoms with Crippen LogP contribution in [0.4, 0.5) is 0 Å². The highest BCUT2D eigenvalue weighted by molar-refractivity contribution is 5.85. The van der Waals surface area contributed by atoms with Crippen LogP contribution in [0.5, 0.6) is 0 Å². The van der Waals surface area contributed by atoms with E-state index in [1.165, 1.54) is 11.1 Å². The van der Waals surface area contributed by atoms with Gasteiger partial charge in [0, 0.05) is 43.4 Å². The summed E-state index contributed by atoms with van der Waals surface area (Å²) in [7, 11) is 1.90. The molecule has 0 aliphatic carbocycles. The lowest BCUT2D eigenvalue weighted by atomic mass is 9.95. The molecule has 0 amide bonds. The number of imidazole rings is 1. The summed E-state index contributed by atoms with van der Waals surface area (Å²) in [5.74, 6) is 1.67. The lowest BCUT2D eigenvalue weighted by Crippen LogP contribution is -2.24. The molecule has 0 atom stereocenters. The molecule has 0 fully saturated rings. The van der Waals surface area contributed by atoms with Crippen LogP contribution in [-0.2, 0) is 20.0 Å². The van der Waals surface area contributed by atoms with Crippen molar-refractivity contribution in [1.82, 2.24) is 30.0 Å². The van der Waals surface area contributed by atoms with Gasteiger partial charge in [0.1, 0.15) is 0 Å². The number of nitrogens with one attached hydrogen (secondary N) is 1. The zero-order valence-corrected chi connectivity index (χ0v) is 13.7. The minimum Gasteiger partial charge on any atom is -0.330 e. The van der Waals surface area contributed by atoms with Crippen molar-refractivity contribution in [2.24, 2.45) is 7.05 Å². The molecule has 120 valence electrons. The largest absolute Gasteiger partial charge is 0.330 e. The van der Waals surface area contributed by atoms with E-state index in [4.69, 9.17) is 4.52 Å². The Morgan fingerprint density at radius 2 is 2.17 bits per heavy atom. The van der Waals surface area contributed by atoms with Crippen LogP contribution in [-0.4, -0.2) is 31.2 Å². The van der Waals surface area contributed by atoms with Crippen molar-refractivity contribution in [1.29, 1.82) is 0 Å². The quantitative estimate of drug-likeness (QED) is 0.772. The standard InChI is InChI=1S/C15H16N6O.ClH/c1-9-12(11-3-4-16-7-10(11)8-18-9)13-19-15(22-20-13)14-17-5-6-21(14)2;/h5-6,8,16H,3-4,7H2,1-2H3;1H. The summed E-state index contributed by atoms with van der Waals surface area (Å²) in [4.78, 5) is 13.3. The van der Waals surface area contributed by atoms with Gasteiger partial charge in [0.2, 0.25) is 5.82 Å². The van der Waals surface area contributed by atoms with Crippen LogP contribution in [0.25, 0.3) is 23.1 Å². The molecule has 1 N–H and O–H groups in total. The molecule has 0 spiro atoms. The van der Waals surface area contributed by atoms with Crippen LogP contribution in [0.15, 0.2) is 23.1 Å². The second-order valence-electron chi connectivity index (χ2n) is 5.43. The minimum absolute atomic E-state index is 0. The number of pyridine rings is 1. The maximum Gasteiger partial charge on any atom is 0.294 e. The second-order valence-corrected chi connectivity index (χ2v) is 5.43. The Bertz CT molecular complexity index is 840. The van der Waals surface area contributed by atoms with Gasteiger partial charge >= 0.3 is 0 Å². The zero-order valence-electron chi connectivity index (χ0n) is 12.9. The number of rotatable bonds is 2. The lowest BCUT2D eigenvalue weighted by Gasteiger charge is -2.19. The Morgan fingerprint density at radius 3 is 2.96 bits per heavy atom. The molecular formula is C15H17ClN6O. The van der Waals surface area contributed by atoms with E-state index in [9.17, 15) is 0 Å². The van der Waals surface area contributed by atoms with Gasteiger partial charge in [-0.3, -0.25) is 4.98 Å². The summed E-state index contributed by atoms with van der Waals surface area (Å²) >= 11 is 0. The highest BCUT2D eigenvalue weighted by atomic mass is 35.5. The Kier molecular flexibility index (Phi) is 4.14. The first-order valence-corrected chi connectivity index (χ1v) is 7.24. The number of fused-ring (bicyclic) bond motifs is 1. The maximum atomic E-state index is 5.40. The Morgan fingerprint density at radius 1 is 1.30 bits per heavy atom. The van der Waals surface area contributed by atoms with E-state index in [2.05, 4.69) is 25.4 Å². The topological polar surface area (TPSA) is 81.7 Å². The zero-order chi connectivity index (χ0) is 15.1. The van der Waals surface area contributed by atoms with E-state index >= 15 is 0 Å². The van der Waals surface area contributed by atoms with E-state index in [-0.39, 0.29) is 12.4 Å². The maximum absolute atomic E-state index is 5.40. The van der Waals surface area contributed by atoms with Crippen LogP contribution in [0.3, 0.4) is 0 Å². The fraction of sp³-hybridized carbons (Fsp3) is 0.333. The van der Waals surface area contributed by atoms with Crippen molar-refractivity contribution in [2.75, 3.05) is 6.54 Å². The SMILES string of the molecule is Cc1ncc2c(c1-c1noc(-c3nccn3C)n1)CCNC2.Cl. The Labute approximate surface area is 139 Å². The average molecular weight is 333 g/mol. The molecule has 1 aliphatic rings. The molecule has 4 rings (SSSR count). The Hall–Kier alpha value is -2.25. The van der Waals surface area contributed by atoms with Crippen LogP contribution in [0, 0.1) is 6.92 Å². The van der Waals surface area contributed by atoms with Crippen molar-refractivity contribution < 1.29 is 4.52 Å². The minimum atomic E-state index is 0. The van der Waals surface area contributed by atoms with Gasteiger partial charge in [-0.05, 0) is 31.0 Å². The summed E-state index contributed by atoms with van der Waals surface area (Å²) in [6.07, 6.45) is 6.44. The van der Waals surface area contributed by atoms with Gasteiger partial charge < -0.3 is 14.4 Å². The van der Waals surface area contributed by atoms with Crippen LogP contribution >= 0.6 is 12.4 Å². The predicted molar refractivity (Wildman–Crippen MR) is 87.1 cm³/mol. The van der Waals surface area contributed by atoms with E-state index in [1.807, 2.05) is 30.9 Å². The van der Waals surface area contributed by atoms with Gasteiger partial charge in [-0.25, -0.2) is 4.98 Å². The molecule has 0 saturated heterocycles. The Balaban J connectivity index is 0.00000156. The number of halogens is 1. The monoisotopic (exact) mass is 332 g/mol. The smallest absolute Gasteiger partial charge is 0.294 e. The number of nitrogens with zero attached hydrogens (tertiary/aromatic N) is 5. The molecule has 0 radical (unpaired) electrons. The molecule has 4 heterocycles. The fourth-order valence-electron chi connectivity index (χ4n) is 2.85. The highest BCUT2D eigenvalue weighted by Crippen LogP contribution is 2.29. The van der Waals surface area contributed by atoms with E-state index < -0.39 is 0 Å². The predicted octanol–water partition coefficient (Wildman–Crippen LogP) is 1.91. The van der Waals surface area contributed by atoms with Gasteiger partial charge in [0.15, 0.2) is 5.82 Å². The van der Waals surface area contributed by atoms with Crippen LogP contribution in [0.2, 0.25) is 0 Å². The summed E-state index contributed by atoms with van der Waals surface area (Å²) < 4.78 is 7.26. The third kappa shape index (κ3) is 2.62. The van der Waals surface area contributed by atoms with Gasteiger partial charge in [-0.2, -0.15) is 4.98 Å². The van der Waals surface area contributed by atoms with Crippen LogP contribution in [0.1, 0.15) is 16.8 Å². The third-order valence-electron chi connectivity index (χ3n) is 3.99. The molecule has 0 unspecified atom stereocenters. The van der Waals surface area contributed by atoms with E-state index in [0.717, 1.165) is 30.8 Å². The summed E-state index contributed by atoms with van der Waals surface area (Å²) in [5, 5.41) is 7.51. The van der Waals surface area contributed by atoms with E-state index in [1.54, 1.807) is 6.20 Å². The summed E-state index contributed by atoms with van der Waals surface area (Å²) in [6, 6.07) is 0. The average Bonchev–Trinajstić information content (AvgIpc) is 3.16. The first kappa shape index (κ1) is 15.6. The van der Waals surface area contributed by atoms with Gasteiger partial charge in [0.25, 0.3) is 5.89 Å². The second kappa shape index (κ2) is 6.10.